The first-order valence-corrected chi connectivity index (χ1v) is 10.4. The highest BCUT2D eigenvalue weighted by Crippen LogP contribution is 2.30. The molecule has 0 radical (unpaired) electrons. The Bertz CT molecular complexity index is 1080. The van der Waals surface area contributed by atoms with Crippen molar-refractivity contribution in [3.05, 3.63) is 58.6 Å². The van der Waals surface area contributed by atoms with E-state index in [-0.39, 0.29) is 11.4 Å². The largest absolute Gasteiger partial charge is 0.397 e. The number of carbonyl (C=O) groups excluding carboxylic acids is 1. The Balaban J connectivity index is 1.63. The van der Waals surface area contributed by atoms with Crippen LogP contribution in [-0.2, 0) is 0 Å². The molecule has 1 fully saturated rings. The maximum atomic E-state index is 13.0. The second-order valence-electron chi connectivity index (χ2n) is 7.01. The predicted molar refractivity (Wildman–Crippen MR) is 120 cm³/mol. The van der Waals surface area contributed by atoms with Gasteiger partial charge in [0.2, 0.25) is 0 Å². The van der Waals surface area contributed by atoms with Gasteiger partial charge in [-0.1, -0.05) is 23.2 Å². The molecule has 1 saturated heterocycles. The monoisotopic (exact) mass is 442 g/mol. The Morgan fingerprint density at radius 2 is 1.90 bits per heavy atom. The van der Waals surface area contributed by atoms with E-state index in [1.807, 2.05) is 6.07 Å². The van der Waals surface area contributed by atoms with E-state index in [4.69, 9.17) is 28.9 Å². The fourth-order valence-corrected chi connectivity index (χ4v) is 3.94. The number of nitrogens with zero attached hydrogens (tertiary/aromatic N) is 4. The van der Waals surface area contributed by atoms with E-state index in [1.165, 1.54) is 12.6 Å². The Morgan fingerprint density at radius 3 is 2.67 bits per heavy atom. The Morgan fingerprint density at radius 1 is 1.10 bits per heavy atom. The van der Waals surface area contributed by atoms with E-state index in [0.29, 0.717) is 27.1 Å². The zero-order valence-corrected chi connectivity index (χ0v) is 17.6. The predicted octanol–water partition coefficient (Wildman–Crippen LogP) is 4.67. The topological polar surface area (TPSA) is 97.0 Å². The summed E-state index contributed by atoms with van der Waals surface area (Å²) in [6, 6.07) is 6.76. The van der Waals surface area contributed by atoms with Gasteiger partial charge >= 0.3 is 0 Å². The third-order valence-corrected chi connectivity index (χ3v) is 5.43. The standard InChI is InChI=1S/C21H20Cl2N6O/c22-13-10-14(23)19(26-11-13)16-5-4-15(24)20(27-16)21(30)28-17-12-25-7-6-18(17)29-8-2-1-3-9-29/h4-7,10-12H,1-3,8-9,24H2,(H,28,30). The second-order valence-corrected chi connectivity index (χ2v) is 7.86. The van der Waals surface area contributed by atoms with E-state index in [9.17, 15) is 4.79 Å². The summed E-state index contributed by atoms with van der Waals surface area (Å²) in [7, 11) is 0. The maximum Gasteiger partial charge on any atom is 0.276 e. The summed E-state index contributed by atoms with van der Waals surface area (Å²) in [5.41, 5.74) is 8.80. The minimum absolute atomic E-state index is 0.0914. The van der Waals surface area contributed by atoms with Crippen molar-refractivity contribution in [2.24, 2.45) is 0 Å². The molecular weight excluding hydrogens is 423 g/mol. The summed E-state index contributed by atoms with van der Waals surface area (Å²) in [5.74, 6) is -0.425. The fourth-order valence-electron chi connectivity index (χ4n) is 3.46. The lowest BCUT2D eigenvalue weighted by Crippen LogP contribution is -2.30. The summed E-state index contributed by atoms with van der Waals surface area (Å²) in [4.78, 5) is 28.1. The lowest BCUT2D eigenvalue weighted by Gasteiger charge is -2.30. The normalized spacial score (nSPS) is 13.9. The molecule has 30 heavy (non-hydrogen) atoms. The van der Waals surface area contributed by atoms with E-state index in [1.54, 1.807) is 30.6 Å². The summed E-state index contributed by atoms with van der Waals surface area (Å²) in [6.07, 6.45) is 8.31. The summed E-state index contributed by atoms with van der Waals surface area (Å²) >= 11 is 12.2. The highest BCUT2D eigenvalue weighted by Gasteiger charge is 2.19. The minimum Gasteiger partial charge on any atom is -0.397 e. The van der Waals surface area contributed by atoms with Crippen LogP contribution in [0, 0.1) is 0 Å². The van der Waals surface area contributed by atoms with Crippen molar-refractivity contribution in [3.63, 3.8) is 0 Å². The molecule has 0 saturated carbocycles. The smallest absolute Gasteiger partial charge is 0.276 e. The zero-order chi connectivity index (χ0) is 21.1. The van der Waals surface area contributed by atoms with Crippen molar-refractivity contribution in [1.29, 1.82) is 0 Å². The van der Waals surface area contributed by atoms with Gasteiger partial charge in [0.15, 0.2) is 5.69 Å². The zero-order valence-electron chi connectivity index (χ0n) is 16.1. The molecule has 0 atom stereocenters. The first-order chi connectivity index (χ1) is 14.5. The molecular formula is C21H20Cl2N6O. The molecule has 3 N–H and O–H groups in total. The molecule has 7 nitrogen and oxygen atoms in total. The first-order valence-electron chi connectivity index (χ1n) is 9.61. The number of aromatic nitrogens is 3. The van der Waals surface area contributed by atoms with Gasteiger partial charge in [-0.2, -0.15) is 0 Å². The molecule has 4 rings (SSSR count). The number of nitrogens with one attached hydrogen (secondary N) is 1. The van der Waals surface area contributed by atoms with E-state index in [2.05, 4.69) is 25.2 Å². The molecule has 0 aliphatic carbocycles. The second kappa shape index (κ2) is 8.85. The molecule has 154 valence electrons. The van der Waals surface area contributed by atoms with Crippen molar-refractivity contribution < 1.29 is 4.79 Å². The van der Waals surface area contributed by atoms with Crippen LogP contribution in [0.2, 0.25) is 10.0 Å². The van der Waals surface area contributed by atoms with Crippen LogP contribution in [0.5, 0.6) is 0 Å². The molecule has 1 aliphatic heterocycles. The number of piperidine rings is 1. The average Bonchev–Trinajstić information content (AvgIpc) is 2.75. The fraction of sp³-hybridized carbons (Fsp3) is 0.238. The number of nitrogen functional groups attached to an aromatic ring is 1. The number of nitrogens with two attached hydrogens (primary N) is 1. The Labute approximate surface area is 184 Å². The number of pyridine rings is 3. The van der Waals surface area contributed by atoms with Crippen LogP contribution in [0.3, 0.4) is 0 Å². The van der Waals surface area contributed by atoms with Gasteiger partial charge in [-0.15, -0.1) is 0 Å². The lowest BCUT2D eigenvalue weighted by molar-refractivity contribution is 0.102. The SMILES string of the molecule is Nc1ccc(-c2ncc(Cl)cc2Cl)nc1C(=O)Nc1cnccc1N1CCCCC1. The van der Waals surface area contributed by atoms with Crippen LogP contribution < -0.4 is 16.0 Å². The van der Waals surface area contributed by atoms with E-state index >= 15 is 0 Å². The van der Waals surface area contributed by atoms with Gasteiger partial charge in [0.05, 0.1) is 39.0 Å². The average molecular weight is 443 g/mol. The van der Waals surface area contributed by atoms with Crippen LogP contribution >= 0.6 is 23.2 Å². The molecule has 0 bridgehead atoms. The summed E-state index contributed by atoms with van der Waals surface area (Å²) in [6.45, 7) is 1.90. The third kappa shape index (κ3) is 4.32. The minimum atomic E-state index is -0.425. The van der Waals surface area contributed by atoms with E-state index in [0.717, 1.165) is 31.6 Å². The molecule has 0 unspecified atom stereocenters. The van der Waals surface area contributed by atoms with E-state index < -0.39 is 5.91 Å². The van der Waals surface area contributed by atoms with Gasteiger partial charge in [0, 0.05) is 25.5 Å². The van der Waals surface area contributed by atoms with Gasteiger partial charge in [0.1, 0.15) is 5.69 Å². The van der Waals surface area contributed by atoms with Gasteiger partial charge in [0.25, 0.3) is 5.91 Å². The molecule has 0 spiro atoms. The molecule has 9 heteroatoms. The summed E-state index contributed by atoms with van der Waals surface area (Å²) in [5, 5.41) is 3.66. The van der Waals surface area contributed by atoms with Crippen molar-refractivity contribution >= 4 is 46.2 Å². The molecule has 4 heterocycles. The number of hydrogen-bond acceptors (Lipinski definition) is 6. The number of anilines is 3. The van der Waals surface area contributed by atoms with Gasteiger partial charge in [-0.25, -0.2) is 4.98 Å². The number of halogens is 2. The molecule has 1 amide bonds. The molecule has 3 aromatic rings. The lowest BCUT2D eigenvalue weighted by atomic mass is 10.1. The number of carbonyl (C=O) groups is 1. The Hall–Kier alpha value is -2.90. The molecule has 0 aromatic carbocycles. The van der Waals surface area contributed by atoms with Crippen LogP contribution in [0.25, 0.3) is 11.4 Å². The quantitative estimate of drug-likeness (QED) is 0.608. The number of amides is 1. The van der Waals surface area contributed by atoms with Crippen LogP contribution in [0.1, 0.15) is 29.8 Å². The van der Waals surface area contributed by atoms with Crippen molar-refractivity contribution in [1.82, 2.24) is 15.0 Å². The van der Waals surface area contributed by atoms with Crippen molar-refractivity contribution in [2.75, 3.05) is 29.0 Å². The molecule has 1 aliphatic rings. The van der Waals surface area contributed by atoms with Gasteiger partial charge in [-0.05, 0) is 43.5 Å². The highest BCUT2D eigenvalue weighted by atomic mass is 35.5. The van der Waals surface area contributed by atoms with Crippen LogP contribution in [-0.4, -0.2) is 33.9 Å². The highest BCUT2D eigenvalue weighted by molar-refractivity contribution is 6.36. The summed E-state index contributed by atoms with van der Waals surface area (Å²) < 4.78 is 0. The van der Waals surface area contributed by atoms with Crippen LogP contribution in [0.4, 0.5) is 17.1 Å². The Kier molecular flexibility index (Phi) is 6.01. The molecule has 3 aromatic heterocycles. The number of hydrogen-bond donors (Lipinski definition) is 2. The third-order valence-electron chi connectivity index (χ3n) is 4.93. The maximum absolute atomic E-state index is 13.0. The first kappa shape index (κ1) is 20.4. The van der Waals surface area contributed by atoms with Gasteiger partial charge < -0.3 is 16.0 Å². The van der Waals surface area contributed by atoms with Crippen molar-refractivity contribution in [2.45, 2.75) is 19.3 Å². The number of rotatable bonds is 4. The van der Waals surface area contributed by atoms with Gasteiger partial charge in [-0.3, -0.25) is 14.8 Å². The van der Waals surface area contributed by atoms with Crippen LogP contribution in [0.15, 0.2) is 42.9 Å². The van der Waals surface area contributed by atoms with Crippen molar-refractivity contribution in [3.8, 4) is 11.4 Å².